The molecule has 4 N–H and O–H groups in total. The van der Waals surface area contributed by atoms with Gasteiger partial charge in [0, 0.05) is 88.1 Å². The zero-order valence-corrected chi connectivity index (χ0v) is 61.2. The second kappa shape index (κ2) is 24.4. The monoisotopic (exact) mass is 1380 g/mol. The van der Waals surface area contributed by atoms with Crippen LogP contribution in [-0.2, 0) is 16.2 Å². The second-order valence-electron chi connectivity index (χ2n) is 31.4. The Morgan fingerprint density at radius 2 is 0.670 bits per heavy atom. The van der Waals surface area contributed by atoms with Gasteiger partial charge in [-0.15, -0.1) is 0 Å². The van der Waals surface area contributed by atoms with Crippen molar-refractivity contribution in [1.82, 2.24) is 59.8 Å². The van der Waals surface area contributed by atoms with Crippen molar-refractivity contribution in [3.8, 4) is 95.8 Å². The highest BCUT2D eigenvalue weighted by atomic mass is 16.5. The Labute approximate surface area is 613 Å². The van der Waals surface area contributed by atoms with Crippen LogP contribution in [0.4, 0.5) is 0 Å². The molecule has 10 heterocycles. The van der Waals surface area contributed by atoms with Gasteiger partial charge in [0.15, 0.2) is 23.3 Å². The molecule has 0 fully saturated rings. The Kier molecular flexibility index (Phi) is 15.0. The molecule has 0 amide bonds. The van der Waals surface area contributed by atoms with Crippen LogP contribution in [0.25, 0.3) is 181 Å². The van der Waals surface area contributed by atoms with Crippen LogP contribution in [0.2, 0.25) is 0 Å². The van der Waals surface area contributed by atoms with Crippen molar-refractivity contribution in [3.05, 3.63) is 256 Å². The Bertz CT molecular complexity index is 6450. The highest BCUT2D eigenvalue weighted by Crippen LogP contribution is 2.44. The average molecular weight is 1380 g/mol. The molecule has 4 aliphatic heterocycles. The van der Waals surface area contributed by atoms with Crippen LogP contribution in [0.5, 0.6) is 5.75 Å². The number of nitrogens with zero attached hydrogens (tertiary/aromatic N) is 8. The van der Waals surface area contributed by atoms with E-state index in [0.717, 1.165) is 150 Å². The summed E-state index contributed by atoms with van der Waals surface area (Å²) in [6.07, 6.45) is 8.39. The van der Waals surface area contributed by atoms with E-state index in [0.29, 0.717) is 68.3 Å². The topological polar surface area (TPSA) is 193 Å². The van der Waals surface area contributed by atoms with Crippen molar-refractivity contribution >= 4 is 96.5 Å². The van der Waals surface area contributed by atoms with Gasteiger partial charge in [-0.3, -0.25) is 0 Å². The minimum Gasteiger partial charge on any atom is -0.423 e. The van der Waals surface area contributed by atoms with Crippen LogP contribution in [-0.4, -0.2) is 65.8 Å². The second-order valence-corrected chi connectivity index (χ2v) is 31.4. The van der Waals surface area contributed by atoms with Crippen LogP contribution < -0.4 is 4.74 Å². The van der Waals surface area contributed by atoms with E-state index in [9.17, 15) is 0 Å². The number of aromatic nitrogens is 12. The van der Waals surface area contributed by atoms with Crippen molar-refractivity contribution in [3.63, 3.8) is 0 Å². The lowest BCUT2D eigenvalue weighted by molar-refractivity contribution is 0.0735. The van der Waals surface area contributed by atoms with Crippen molar-refractivity contribution in [2.75, 3.05) is 0 Å². The molecule has 18 rings (SSSR count). The number of nitrogens with one attached hydrogen (secondary N) is 4. The van der Waals surface area contributed by atoms with Crippen molar-refractivity contribution in [2.24, 2.45) is 0 Å². The molecule has 0 atom stereocenters. The molecule has 6 aromatic heterocycles. The zero-order valence-electron chi connectivity index (χ0n) is 61.2. The number of hydrogen-bond acceptors (Lipinski definition) is 10. The van der Waals surface area contributed by atoms with Crippen molar-refractivity contribution < 1.29 is 9.53 Å². The van der Waals surface area contributed by atoms with Gasteiger partial charge in [0.1, 0.15) is 28.3 Å². The number of carbonyl (C=O) groups is 1. The number of fused-ring (bicyclic) bond motifs is 28. The van der Waals surface area contributed by atoms with Gasteiger partial charge in [-0.05, 0) is 173 Å². The smallest absolute Gasteiger partial charge is 0.343 e. The summed E-state index contributed by atoms with van der Waals surface area (Å²) in [5, 5.41) is 3.19. The Balaban J connectivity index is 0.814. The minimum atomic E-state index is -0.562. The van der Waals surface area contributed by atoms with Gasteiger partial charge < -0.3 is 24.7 Å². The average Bonchev–Trinajstić information content (AvgIpc) is 1.59. The van der Waals surface area contributed by atoms with Gasteiger partial charge in [-0.2, -0.15) is 0 Å². The molecule has 4 aliphatic rings. The standard InChI is InChI=1S/C92H76N12O2/c1-49-16-22-52(23-17-49)77-69-36-38-71(93-69)78(53-24-18-50(2)19-25-53)73-40-42-75(95-73)80(76-43-41-74(96-76)79(72-39-37-70(77)94-72)54-26-20-51(3)21-27-54)55-14-13-15-56(44-55)89(105)106-60-31-35-64-68(48-60)88-103-83-63-34-30-59(92(10,11)12)47-67(63)86(101-83)99-81-61-32-28-57(90(4,5)6)45-65(61)85(97-81)98-82-62-33-29-58(91(7,8)9)46-66(62)87(100-82)102-84(64)104-88/h13-48,93,96H,1-12H3,(H2,97,98,99,100,101,102,103,104). The fourth-order valence-corrected chi connectivity index (χ4v) is 14.8. The number of esters is 1. The first-order valence-electron chi connectivity index (χ1n) is 36.1. The van der Waals surface area contributed by atoms with Gasteiger partial charge in [0.2, 0.25) is 0 Å². The normalized spacial score (nSPS) is 12.7. The van der Waals surface area contributed by atoms with E-state index in [-0.39, 0.29) is 16.2 Å². The Morgan fingerprint density at radius 1 is 0.311 bits per heavy atom. The quantitative estimate of drug-likeness (QED) is 0.0920. The van der Waals surface area contributed by atoms with Crippen LogP contribution in [0.1, 0.15) is 129 Å². The van der Waals surface area contributed by atoms with E-state index in [1.165, 1.54) is 5.56 Å². The SMILES string of the molecule is Cc1ccc(-c2c3nc(c(-c4ccc(C)cc4)c4ccc([nH]4)c(-c4cccc(C(=O)Oc5ccc6c7nc8nc(nc9[nH]c(nc%10nc(nc([nH]7)c6c5)-c5ccc(C(C)(C)C)cc5-%10)c5ccc(C(C)(C)C)cc95)-c5ccc(C(C)(C)C)cc5-8)c4)c4nc(c(-c5ccc(C)cc5)c5ccc2[nH]5)C=C4)C=C3)cc1. The molecular formula is C92H76N12O2. The number of aryl methyl sites for hydroxylation is 3. The molecule has 14 nitrogen and oxygen atoms in total. The third-order valence-corrected chi connectivity index (χ3v) is 20.8. The summed E-state index contributed by atoms with van der Waals surface area (Å²) >= 11 is 0. The fraction of sp³-hybridized carbons (Fsp3) is 0.163. The molecule has 0 radical (unpaired) electrons. The lowest BCUT2D eigenvalue weighted by atomic mass is 9.85. The van der Waals surface area contributed by atoms with E-state index in [2.05, 4.69) is 279 Å². The van der Waals surface area contributed by atoms with Crippen LogP contribution >= 0.6 is 0 Å². The molecule has 516 valence electrons. The molecule has 8 aromatic carbocycles. The molecule has 0 spiro atoms. The van der Waals surface area contributed by atoms with E-state index in [1.54, 1.807) is 12.1 Å². The van der Waals surface area contributed by atoms with E-state index in [4.69, 9.17) is 44.6 Å². The highest BCUT2D eigenvalue weighted by Gasteiger charge is 2.29. The minimum absolute atomic E-state index is 0.139. The fourth-order valence-electron chi connectivity index (χ4n) is 14.8. The number of carbonyl (C=O) groups excluding carboxylic acids is 1. The number of benzene rings is 8. The molecular weight excluding hydrogens is 1310 g/mol. The first-order chi connectivity index (χ1) is 51.0. The lowest BCUT2D eigenvalue weighted by Crippen LogP contribution is -2.10. The molecule has 0 saturated heterocycles. The predicted molar refractivity (Wildman–Crippen MR) is 432 cm³/mol. The largest absolute Gasteiger partial charge is 0.423 e. The van der Waals surface area contributed by atoms with Gasteiger partial charge in [0.25, 0.3) is 0 Å². The predicted octanol–water partition coefficient (Wildman–Crippen LogP) is 22.5. The van der Waals surface area contributed by atoms with E-state index < -0.39 is 5.97 Å². The Hall–Kier alpha value is -12.8. The van der Waals surface area contributed by atoms with Crippen molar-refractivity contribution in [2.45, 2.75) is 99.3 Å². The third-order valence-electron chi connectivity index (χ3n) is 20.8. The number of hydrogen-bond donors (Lipinski definition) is 4. The first kappa shape index (κ1) is 65.2. The summed E-state index contributed by atoms with van der Waals surface area (Å²) in [6.45, 7) is 26.2. The van der Waals surface area contributed by atoms with Gasteiger partial charge in [-0.25, -0.2) is 44.7 Å². The Morgan fingerprint density at radius 3 is 1.08 bits per heavy atom. The zero-order chi connectivity index (χ0) is 72.8. The molecule has 14 aromatic rings. The maximum absolute atomic E-state index is 15.2. The summed E-state index contributed by atoms with van der Waals surface area (Å²) in [7, 11) is 0. The van der Waals surface area contributed by atoms with Crippen LogP contribution in [0.15, 0.2) is 194 Å². The molecule has 16 bridgehead atoms. The summed E-state index contributed by atoms with van der Waals surface area (Å²) in [6, 6.07) is 66.8. The molecule has 0 unspecified atom stereocenters. The highest BCUT2D eigenvalue weighted by molar-refractivity contribution is 6.08. The maximum atomic E-state index is 15.2. The van der Waals surface area contributed by atoms with E-state index in [1.807, 2.05) is 30.3 Å². The summed E-state index contributed by atoms with van der Waals surface area (Å²) in [5.41, 5.74) is 26.3. The van der Waals surface area contributed by atoms with Crippen LogP contribution in [0.3, 0.4) is 0 Å². The molecule has 0 saturated carbocycles. The molecule has 106 heavy (non-hydrogen) atoms. The van der Waals surface area contributed by atoms with E-state index >= 15 is 4.79 Å². The number of aromatic amines is 4. The summed E-state index contributed by atoms with van der Waals surface area (Å²) < 4.78 is 6.53. The summed E-state index contributed by atoms with van der Waals surface area (Å²) in [4.78, 5) is 73.5. The number of H-pyrrole nitrogens is 4. The van der Waals surface area contributed by atoms with Gasteiger partial charge in [0.05, 0.1) is 28.3 Å². The molecule has 0 aliphatic carbocycles. The lowest BCUT2D eigenvalue weighted by Gasteiger charge is -2.19. The van der Waals surface area contributed by atoms with Gasteiger partial charge in [-0.1, -0.05) is 200 Å². The van der Waals surface area contributed by atoms with Crippen LogP contribution in [0, 0.1) is 20.8 Å². The summed E-state index contributed by atoms with van der Waals surface area (Å²) in [5.74, 6) is 1.70. The number of ether oxygens (including phenoxy) is 1. The number of rotatable bonds is 6. The van der Waals surface area contributed by atoms with Crippen molar-refractivity contribution in [1.29, 1.82) is 0 Å². The first-order valence-corrected chi connectivity index (χ1v) is 36.1. The van der Waals surface area contributed by atoms with Gasteiger partial charge >= 0.3 is 5.97 Å². The maximum Gasteiger partial charge on any atom is 0.343 e. The third kappa shape index (κ3) is 11.6. The molecule has 14 heteroatoms.